The highest BCUT2D eigenvalue weighted by Crippen LogP contribution is 2.14. The van der Waals surface area contributed by atoms with Crippen molar-refractivity contribution < 1.29 is 9.18 Å². The first-order chi connectivity index (χ1) is 6.57. The summed E-state index contributed by atoms with van der Waals surface area (Å²) in [4.78, 5) is 12.9. The van der Waals surface area contributed by atoms with Gasteiger partial charge in [-0.05, 0) is 11.6 Å². The van der Waals surface area contributed by atoms with Crippen LogP contribution in [0.4, 0.5) is 4.39 Å². The lowest BCUT2D eigenvalue weighted by atomic mass is 10.1. The molecule has 0 fully saturated rings. The van der Waals surface area contributed by atoms with Crippen LogP contribution in [0.2, 0.25) is 0 Å². The Morgan fingerprint density at radius 1 is 1.47 bits per heavy atom. The summed E-state index contributed by atoms with van der Waals surface area (Å²) in [5.41, 5.74) is 6.02. The molecular formula is C10H14ClFN2O. The van der Waals surface area contributed by atoms with Gasteiger partial charge in [-0.2, -0.15) is 0 Å². The number of rotatable bonds is 2. The summed E-state index contributed by atoms with van der Waals surface area (Å²) in [5, 5.41) is 0. The Labute approximate surface area is 94.5 Å². The minimum absolute atomic E-state index is 0. The number of carbonyl (C=O) groups excluding carboxylic acids is 1. The van der Waals surface area contributed by atoms with E-state index in [0.29, 0.717) is 5.56 Å². The molecule has 0 saturated carbocycles. The summed E-state index contributed by atoms with van der Waals surface area (Å²) in [6.45, 7) is 0.159. The number of carbonyl (C=O) groups is 1. The van der Waals surface area contributed by atoms with Gasteiger partial charge in [0.2, 0.25) is 0 Å². The molecule has 0 aliphatic rings. The zero-order valence-electron chi connectivity index (χ0n) is 8.66. The Bertz CT molecular complexity index is 355. The third-order valence-corrected chi connectivity index (χ3v) is 1.94. The van der Waals surface area contributed by atoms with E-state index in [-0.39, 0.29) is 30.4 Å². The van der Waals surface area contributed by atoms with E-state index in [1.807, 2.05) is 0 Å². The van der Waals surface area contributed by atoms with Crippen LogP contribution in [-0.2, 0) is 6.54 Å². The van der Waals surface area contributed by atoms with Crippen molar-refractivity contribution in [1.82, 2.24) is 4.90 Å². The molecular weight excluding hydrogens is 219 g/mol. The summed E-state index contributed by atoms with van der Waals surface area (Å²) >= 11 is 0. The largest absolute Gasteiger partial charge is 0.345 e. The van der Waals surface area contributed by atoms with E-state index in [0.717, 1.165) is 0 Å². The smallest absolute Gasteiger partial charge is 0.256 e. The van der Waals surface area contributed by atoms with Crippen molar-refractivity contribution in [2.24, 2.45) is 5.73 Å². The van der Waals surface area contributed by atoms with Gasteiger partial charge < -0.3 is 10.6 Å². The van der Waals surface area contributed by atoms with Gasteiger partial charge in [-0.25, -0.2) is 4.39 Å². The molecule has 0 saturated heterocycles. The highest BCUT2D eigenvalue weighted by atomic mass is 35.5. The molecule has 0 unspecified atom stereocenters. The number of amides is 1. The standard InChI is InChI=1S/C10H13FN2O.ClH/c1-13(2)10(14)9-7(6-12)4-3-5-8(9)11;/h3-5H,6,12H2,1-2H3;1H. The van der Waals surface area contributed by atoms with Gasteiger partial charge in [-0.15, -0.1) is 12.4 Å². The maximum absolute atomic E-state index is 13.3. The van der Waals surface area contributed by atoms with Crippen molar-refractivity contribution in [3.63, 3.8) is 0 Å². The molecule has 0 heterocycles. The maximum Gasteiger partial charge on any atom is 0.256 e. The number of halogens is 2. The minimum Gasteiger partial charge on any atom is -0.345 e. The molecule has 0 bridgehead atoms. The van der Waals surface area contributed by atoms with Crippen LogP contribution in [0.25, 0.3) is 0 Å². The SMILES string of the molecule is CN(C)C(=O)c1c(F)cccc1CN.Cl. The van der Waals surface area contributed by atoms with Crippen LogP contribution < -0.4 is 5.73 Å². The molecule has 0 aromatic heterocycles. The molecule has 5 heteroatoms. The van der Waals surface area contributed by atoms with Crippen LogP contribution in [-0.4, -0.2) is 24.9 Å². The first kappa shape index (κ1) is 13.9. The summed E-state index contributed by atoms with van der Waals surface area (Å²) in [6.07, 6.45) is 0. The fourth-order valence-corrected chi connectivity index (χ4v) is 1.20. The van der Waals surface area contributed by atoms with E-state index < -0.39 is 5.82 Å². The zero-order valence-corrected chi connectivity index (χ0v) is 9.47. The first-order valence-corrected chi connectivity index (χ1v) is 4.27. The molecule has 15 heavy (non-hydrogen) atoms. The van der Waals surface area contributed by atoms with Crippen molar-refractivity contribution in [3.05, 3.63) is 35.1 Å². The summed E-state index contributed by atoms with van der Waals surface area (Å²) in [5.74, 6) is -0.879. The van der Waals surface area contributed by atoms with Crippen LogP contribution in [0.5, 0.6) is 0 Å². The number of benzene rings is 1. The molecule has 0 aliphatic carbocycles. The Hall–Kier alpha value is -1.13. The highest BCUT2D eigenvalue weighted by molar-refractivity contribution is 5.95. The number of nitrogens with two attached hydrogens (primary N) is 1. The monoisotopic (exact) mass is 232 g/mol. The van der Waals surface area contributed by atoms with Gasteiger partial charge in [0.15, 0.2) is 0 Å². The Kier molecular flexibility index (Phi) is 5.25. The summed E-state index contributed by atoms with van der Waals surface area (Å²) < 4.78 is 13.3. The van der Waals surface area contributed by atoms with E-state index in [1.165, 1.54) is 11.0 Å². The van der Waals surface area contributed by atoms with Gasteiger partial charge in [-0.3, -0.25) is 4.79 Å². The average molecular weight is 233 g/mol. The number of hydrogen-bond donors (Lipinski definition) is 1. The second-order valence-electron chi connectivity index (χ2n) is 3.18. The minimum atomic E-state index is -0.522. The van der Waals surface area contributed by atoms with Crippen LogP contribution >= 0.6 is 12.4 Å². The van der Waals surface area contributed by atoms with Crippen LogP contribution in [0.3, 0.4) is 0 Å². The van der Waals surface area contributed by atoms with Crippen molar-refractivity contribution in [1.29, 1.82) is 0 Å². The molecule has 2 N–H and O–H groups in total. The quantitative estimate of drug-likeness (QED) is 0.838. The Balaban J connectivity index is 0.00000196. The lowest BCUT2D eigenvalue weighted by Crippen LogP contribution is -2.24. The van der Waals surface area contributed by atoms with Crippen LogP contribution in [0.15, 0.2) is 18.2 Å². The zero-order chi connectivity index (χ0) is 10.7. The summed E-state index contributed by atoms with van der Waals surface area (Å²) in [7, 11) is 3.16. The van der Waals surface area contributed by atoms with Crippen molar-refractivity contribution in [3.8, 4) is 0 Å². The Morgan fingerprint density at radius 2 is 2.07 bits per heavy atom. The Morgan fingerprint density at radius 3 is 2.53 bits per heavy atom. The molecule has 0 atom stereocenters. The molecule has 84 valence electrons. The molecule has 0 radical (unpaired) electrons. The number of hydrogen-bond acceptors (Lipinski definition) is 2. The van der Waals surface area contributed by atoms with Crippen LogP contribution in [0.1, 0.15) is 15.9 Å². The fraction of sp³-hybridized carbons (Fsp3) is 0.300. The molecule has 1 aromatic carbocycles. The maximum atomic E-state index is 13.3. The molecule has 0 spiro atoms. The summed E-state index contributed by atoms with van der Waals surface area (Å²) in [6, 6.07) is 4.46. The molecule has 3 nitrogen and oxygen atoms in total. The van der Waals surface area contributed by atoms with E-state index in [1.54, 1.807) is 26.2 Å². The van der Waals surface area contributed by atoms with Gasteiger partial charge in [0.1, 0.15) is 5.82 Å². The number of nitrogens with zero attached hydrogens (tertiary/aromatic N) is 1. The lowest BCUT2D eigenvalue weighted by molar-refractivity contribution is 0.0822. The van der Waals surface area contributed by atoms with E-state index in [2.05, 4.69) is 0 Å². The second-order valence-corrected chi connectivity index (χ2v) is 3.18. The van der Waals surface area contributed by atoms with Gasteiger partial charge in [0.05, 0.1) is 5.56 Å². The predicted octanol–water partition coefficient (Wildman–Crippen LogP) is 1.41. The normalized spacial score (nSPS) is 9.33. The topological polar surface area (TPSA) is 46.3 Å². The van der Waals surface area contributed by atoms with Gasteiger partial charge in [-0.1, -0.05) is 12.1 Å². The average Bonchev–Trinajstić information content (AvgIpc) is 2.16. The van der Waals surface area contributed by atoms with Crippen LogP contribution in [0, 0.1) is 5.82 Å². The second kappa shape index (κ2) is 5.68. The fourth-order valence-electron chi connectivity index (χ4n) is 1.20. The third-order valence-electron chi connectivity index (χ3n) is 1.94. The molecule has 1 amide bonds. The van der Waals surface area contributed by atoms with Crippen molar-refractivity contribution in [2.75, 3.05) is 14.1 Å². The highest BCUT2D eigenvalue weighted by Gasteiger charge is 2.16. The van der Waals surface area contributed by atoms with Crippen molar-refractivity contribution in [2.45, 2.75) is 6.54 Å². The van der Waals surface area contributed by atoms with Gasteiger partial charge >= 0.3 is 0 Å². The van der Waals surface area contributed by atoms with E-state index in [9.17, 15) is 9.18 Å². The molecule has 1 rings (SSSR count). The third kappa shape index (κ3) is 2.91. The first-order valence-electron chi connectivity index (χ1n) is 4.27. The van der Waals surface area contributed by atoms with Gasteiger partial charge in [0, 0.05) is 20.6 Å². The molecule has 0 aliphatic heterocycles. The predicted molar refractivity (Wildman–Crippen MR) is 59.6 cm³/mol. The van der Waals surface area contributed by atoms with Crippen molar-refractivity contribution >= 4 is 18.3 Å². The van der Waals surface area contributed by atoms with E-state index in [4.69, 9.17) is 5.73 Å². The lowest BCUT2D eigenvalue weighted by Gasteiger charge is -2.13. The molecule has 1 aromatic rings. The van der Waals surface area contributed by atoms with E-state index >= 15 is 0 Å². The van der Waals surface area contributed by atoms with Gasteiger partial charge in [0.25, 0.3) is 5.91 Å².